The molecule has 0 aliphatic heterocycles. The summed E-state index contributed by atoms with van der Waals surface area (Å²) in [6, 6.07) is 3.45. The summed E-state index contributed by atoms with van der Waals surface area (Å²) in [5.41, 5.74) is 7.40. The highest BCUT2D eigenvalue weighted by atomic mass is 79.9. The molecule has 0 heterocycles. The van der Waals surface area contributed by atoms with Crippen LogP contribution < -0.4 is 5.73 Å². The largest absolute Gasteiger partial charge is 0.324 e. The smallest absolute Gasteiger partial charge is 0.130 e. The lowest BCUT2D eigenvalue weighted by atomic mass is 9.77. The maximum Gasteiger partial charge on any atom is 0.130 e. The van der Waals surface area contributed by atoms with Crippen LogP contribution in [0.5, 0.6) is 0 Å². The number of halogens is 3. The van der Waals surface area contributed by atoms with E-state index in [1.807, 2.05) is 6.07 Å². The molecule has 1 aromatic rings. The van der Waals surface area contributed by atoms with Gasteiger partial charge in [-0.3, -0.25) is 0 Å². The van der Waals surface area contributed by atoms with Crippen molar-refractivity contribution in [2.75, 3.05) is 0 Å². The standard InChI is InChI=1S/C12H15BrFN.ClH/c1-7-5-9(13)6-10(11(7)14)12(15)8-3-2-4-8;/h5-6,8,12H,2-4,15H2,1H3;1H/t12-;/m0./s1. The molecule has 1 aromatic carbocycles. The minimum Gasteiger partial charge on any atom is -0.324 e. The van der Waals surface area contributed by atoms with Gasteiger partial charge in [-0.2, -0.15) is 0 Å². The minimum atomic E-state index is -0.144. The number of aryl methyl sites for hydroxylation is 1. The van der Waals surface area contributed by atoms with Crippen LogP contribution in [0.3, 0.4) is 0 Å². The van der Waals surface area contributed by atoms with Gasteiger partial charge < -0.3 is 5.73 Å². The van der Waals surface area contributed by atoms with Crippen LogP contribution in [-0.2, 0) is 0 Å². The summed E-state index contributed by atoms with van der Waals surface area (Å²) in [4.78, 5) is 0. The molecule has 0 amide bonds. The average molecular weight is 309 g/mol. The maximum absolute atomic E-state index is 13.9. The van der Waals surface area contributed by atoms with Crippen molar-refractivity contribution in [2.24, 2.45) is 11.7 Å². The van der Waals surface area contributed by atoms with Gasteiger partial charge in [-0.05, 0) is 43.4 Å². The van der Waals surface area contributed by atoms with Gasteiger partial charge in [0.05, 0.1) is 0 Å². The molecular weight excluding hydrogens is 292 g/mol. The normalized spacial score (nSPS) is 17.5. The van der Waals surface area contributed by atoms with E-state index in [4.69, 9.17) is 5.73 Å². The number of benzene rings is 1. The lowest BCUT2D eigenvalue weighted by molar-refractivity contribution is 0.260. The van der Waals surface area contributed by atoms with Crippen molar-refractivity contribution in [2.45, 2.75) is 32.2 Å². The first kappa shape index (κ1) is 13.9. The Balaban J connectivity index is 0.00000128. The number of hydrogen-bond acceptors (Lipinski definition) is 1. The molecule has 2 rings (SSSR count). The van der Waals surface area contributed by atoms with Crippen LogP contribution in [0.1, 0.15) is 36.4 Å². The van der Waals surface area contributed by atoms with Crippen LogP contribution >= 0.6 is 28.3 Å². The summed E-state index contributed by atoms with van der Waals surface area (Å²) in [6.07, 6.45) is 3.49. The van der Waals surface area contributed by atoms with E-state index >= 15 is 0 Å². The highest BCUT2D eigenvalue weighted by Crippen LogP contribution is 2.38. The number of rotatable bonds is 2. The first-order valence-corrected chi connectivity index (χ1v) is 6.10. The van der Waals surface area contributed by atoms with E-state index in [1.165, 1.54) is 6.42 Å². The van der Waals surface area contributed by atoms with E-state index < -0.39 is 0 Å². The second-order valence-electron chi connectivity index (χ2n) is 4.34. The van der Waals surface area contributed by atoms with E-state index in [0.29, 0.717) is 17.0 Å². The second-order valence-corrected chi connectivity index (χ2v) is 5.26. The van der Waals surface area contributed by atoms with Gasteiger partial charge in [-0.15, -0.1) is 12.4 Å². The zero-order valence-electron chi connectivity index (χ0n) is 9.17. The third-order valence-electron chi connectivity index (χ3n) is 3.26. The molecule has 90 valence electrons. The molecule has 0 bridgehead atoms. The summed E-state index contributed by atoms with van der Waals surface area (Å²) < 4.78 is 14.8. The van der Waals surface area contributed by atoms with Crippen molar-refractivity contribution in [1.29, 1.82) is 0 Å². The Morgan fingerprint density at radius 3 is 2.56 bits per heavy atom. The Hall–Kier alpha value is -0.120. The van der Waals surface area contributed by atoms with Crippen molar-refractivity contribution < 1.29 is 4.39 Å². The van der Waals surface area contributed by atoms with Crippen LogP contribution in [0, 0.1) is 18.7 Å². The molecule has 2 N–H and O–H groups in total. The van der Waals surface area contributed by atoms with Gasteiger partial charge in [0.15, 0.2) is 0 Å². The van der Waals surface area contributed by atoms with Gasteiger partial charge in [0.1, 0.15) is 5.82 Å². The summed E-state index contributed by atoms with van der Waals surface area (Å²) in [7, 11) is 0. The molecule has 1 atom stereocenters. The molecule has 16 heavy (non-hydrogen) atoms. The van der Waals surface area contributed by atoms with Crippen LogP contribution in [-0.4, -0.2) is 0 Å². The molecular formula is C12H16BrClFN. The molecule has 1 aliphatic carbocycles. The van der Waals surface area contributed by atoms with Crippen LogP contribution in [0.25, 0.3) is 0 Å². The molecule has 1 aliphatic rings. The Morgan fingerprint density at radius 2 is 2.06 bits per heavy atom. The quantitative estimate of drug-likeness (QED) is 0.874. The SMILES string of the molecule is Cc1cc(Br)cc([C@@H](N)C2CCC2)c1F.Cl. The number of hydrogen-bond donors (Lipinski definition) is 1. The van der Waals surface area contributed by atoms with Crippen molar-refractivity contribution >= 4 is 28.3 Å². The number of nitrogens with two attached hydrogens (primary N) is 1. The van der Waals surface area contributed by atoms with E-state index in [2.05, 4.69) is 15.9 Å². The molecule has 0 radical (unpaired) electrons. The van der Waals surface area contributed by atoms with Crippen molar-refractivity contribution in [1.82, 2.24) is 0 Å². The predicted octanol–water partition coefficient (Wildman–Crippen LogP) is 4.12. The van der Waals surface area contributed by atoms with E-state index in [0.717, 1.165) is 17.3 Å². The predicted molar refractivity (Wildman–Crippen MR) is 70.4 cm³/mol. The van der Waals surface area contributed by atoms with Crippen LogP contribution in [0.15, 0.2) is 16.6 Å². The Morgan fingerprint density at radius 1 is 1.44 bits per heavy atom. The highest BCUT2D eigenvalue weighted by Gasteiger charge is 2.27. The molecule has 4 heteroatoms. The molecule has 1 nitrogen and oxygen atoms in total. The van der Waals surface area contributed by atoms with E-state index in [1.54, 1.807) is 13.0 Å². The van der Waals surface area contributed by atoms with Crippen molar-refractivity contribution in [3.63, 3.8) is 0 Å². The Kier molecular flexibility index (Phi) is 4.77. The first-order valence-electron chi connectivity index (χ1n) is 5.30. The fourth-order valence-electron chi connectivity index (χ4n) is 2.05. The summed E-state index contributed by atoms with van der Waals surface area (Å²) in [6.45, 7) is 1.77. The molecule has 0 aromatic heterocycles. The van der Waals surface area contributed by atoms with Gasteiger partial charge in [0.25, 0.3) is 0 Å². The highest BCUT2D eigenvalue weighted by molar-refractivity contribution is 9.10. The molecule has 0 saturated heterocycles. The van der Waals surface area contributed by atoms with Gasteiger partial charge in [-0.25, -0.2) is 4.39 Å². The van der Waals surface area contributed by atoms with Gasteiger partial charge in [0, 0.05) is 16.1 Å². The summed E-state index contributed by atoms with van der Waals surface area (Å²) in [5, 5.41) is 0. The third kappa shape index (κ3) is 2.58. The Labute approximate surface area is 110 Å². The monoisotopic (exact) mass is 307 g/mol. The third-order valence-corrected chi connectivity index (χ3v) is 3.72. The lowest BCUT2D eigenvalue weighted by Crippen LogP contribution is -2.27. The van der Waals surface area contributed by atoms with Crippen LogP contribution in [0.4, 0.5) is 4.39 Å². The fraction of sp³-hybridized carbons (Fsp3) is 0.500. The van der Waals surface area contributed by atoms with Gasteiger partial charge in [0.2, 0.25) is 0 Å². The zero-order valence-corrected chi connectivity index (χ0v) is 11.6. The fourth-order valence-corrected chi connectivity index (χ4v) is 2.64. The minimum absolute atomic E-state index is 0. The van der Waals surface area contributed by atoms with Crippen LogP contribution in [0.2, 0.25) is 0 Å². The van der Waals surface area contributed by atoms with Gasteiger partial charge >= 0.3 is 0 Å². The molecule has 1 fully saturated rings. The first-order chi connectivity index (χ1) is 7.09. The van der Waals surface area contributed by atoms with Crippen molar-refractivity contribution in [3.05, 3.63) is 33.5 Å². The maximum atomic E-state index is 13.9. The zero-order chi connectivity index (χ0) is 11.0. The van der Waals surface area contributed by atoms with Crippen molar-refractivity contribution in [3.8, 4) is 0 Å². The molecule has 0 spiro atoms. The Bertz CT molecular complexity index is 380. The van der Waals surface area contributed by atoms with E-state index in [9.17, 15) is 4.39 Å². The molecule has 0 unspecified atom stereocenters. The summed E-state index contributed by atoms with van der Waals surface area (Å²) in [5.74, 6) is 0.325. The van der Waals surface area contributed by atoms with E-state index in [-0.39, 0.29) is 24.3 Å². The lowest BCUT2D eigenvalue weighted by Gasteiger charge is -2.32. The van der Waals surface area contributed by atoms with Gasteiger partial charge in [-0.1, -0.05) is 22.4 Å². The topological polar surface area (TPSA) is 26.0 Å². The summed E-state index contributed by atoms with van der Waals surface area (Å²) >= 11 is 3.38. The average Bonchev–Trinajstić information content (AvgIpc) is 2.08. The second kappa shape index (κ2) is 5.48. The molecule has 1 saturated carbocycles.